The van der Waals surface area contributed by atoms with E-state index in [1.165, 1.54) is 5.56 Å². The van der Waals surface area contributed by atoms with Gasteiger partial charge in [0.25, 0.3) is 0 Å². The quantitative estimate of drug-likeness (QED) is 0.481. The number of allylic oxidation sites excluding steroid dienone is 3. The van der Waals surface area contributed by atoms with E-state index in [0.29, 0.717) is 13.3 Å². The Balaban J connectivity index is 1.84. The van der Waals surface area contributed by atoms with E-state index < -0.39 is 0 Å². The normalized spacial score (nSPS) is 21.9. The van der Waals surface area contributed by atoms with E-state index in [1.807, 2.05) is 7.05 Å². The lowest BCUT2D eigenvalue weighted by Gasteiger charge is -2.32. The lowest BCUT2D eigenvalue weighted by Crippen LogP contribution is -2.41. The van der Waals surface area contributed by atoms with Crippen molar-refractivity contribution in [1.29, 1.82) is 0 Å². The molecule has 1 aliphatic carbocycles. The summed E-state index contributed by atoms with van der Waals surface area (Å²) in [6, 6.07) is 10.6. The van der Waals surface area contributed by atoms with E-state index in [0.717, 1.165) is 19.4 Å². The molecule has 0 radical (unpaired) electrons. The minimum absolute atomic E-state index is 0.113. The maximum atomic E-state index is 5.74. The van der Waals surface area contributed by atoms with Gasteiger partial charge in [0.1, 0.15) is 0 Å². The highest BCUT2D eigenvalue weighted by molar-refractivity contribution is 5.24. The Morgan fingerprint density at radius 1 is 1.27 bits per heavy atom. The van der Waals surface area contributed by atoms with Gasteiger partial charge in [0.05, 0.1) is 19.5 Å². The molecule has 4 nitrogen and oxygen atoms in total. The van der Waals surface area contributed by atoms with Gasteiger partial charge in [-0.05, 0) is 25.5 Å². The standard InChI is InChI=1S/C18H27N3O/c1-20-17(19)13-22-15-21-14-18(10-6-3-7-11-18)12-16-8-4-2-5-9-16/h2-10,17,20-21H,11-15,19H2,1H3. The van der Waals surface area contributed by atoms with Crippen LogP contribution < -0.4 is 16.4 Å². The number of ether oxygens (including phenoxy) is 1. The Hall–Kier alpha value is -1.46. The first-order valence-electron chi connectivity index (χ1n) is 7.84. The Kier molecular flexibility index (Phi) is 6.80. The van der Waals surface area contributed by atoms with E-state index in [9.17, 15) is 0 Å². The van der Waals surface area contributed by atoms with Crippen LogP contribution in [0, 0.1) is 5.41 Å². The average Bonchev–Trinajstić information content (AvgIpc) is 2.56. The minimum atomic E-state index is -0.113. The monoisotopic (exact) mass is 301 g/mol. The van der Waals surface area contributed by atoms with Crippen molar-refractivity contribution in [2.45, 2.75) is 19.0 Å². The van der Waals surface area contributed by atoms with Crippen molar-refractivity contribution in [1.82, 2.24) is 10.6 Å². The first-order chi connectivity index (χ1) is 10.7. The second-order valence-electron chi connectivity index (χ2n) is 5.85. The molecule has 2 unspecified atom stereocenters. The third-order valence-electron chi connectivity index (χ3n) is 3.97. The van der Waals surface area contributed by atoms with Gasteiger partial charge in [0.15, 0.2) is 0 Å². The first-order valence-corrected chi connectivity index (χ1v) is 7.84. The number of benzene rings is 1. The first kappa shape index (κ1) is 16.9. The van der Waals surface area contributed by atoms with E-state index >= 15 is 0 Å². The predicted molar refractivity (Wildman–Crippen MR) is 91.3 cm³/mol. The summed E-state index contributed by atoms with van der Waals surface area (Å²) in [5, 5.41) is 6.36. The number of hydrogen-bond donors (Lipinski definition) is 3. The zero-order valence-corrected chi connectivity index (χ0v) is 13.3. The fraction of sp³-hybridized carbons (Fsp3) is 0.444. The molecule has 2 rings (SSSR count). The molecular formula is C18H27N3O. The molecule has 0 saturated heterocycles. The third kappa shape index (κ3) is 5.39. The van der Waals surface area contributed by atoms with Crippen LogP contribution in [0.3, 0.4) is 0 Å². The van der Waals surface area contributed by atoms with Crippen molar-refractivity contribution >= 4 is 0 Å². The van der Waals surface area contributed by atoms with Crippen LogP contribution in [0.4, 0.5) is 0 Å². The maximum absolute atomic E-state index is 5.74. The van der Waals surface area contributed by atoms with E-state index in [1.54, 1.807) is 0 Å². The molecular weight excluding hydrogens is 274 g/mol. The summed E-state index contributed by atoms with van der Waals surface area (Å²) in [7, 11) is 1.83. The molecule has 0 aromatic heterocycles. The van der Waals surface area contributed by atoms with Crippen LogP contribution in [-0.2, 0) is 11.2 Å². The molecule has 1 aliphatic rings. The van der Waals surface area contributed by atoms with Gasteiger partial charge in [0.2, 0.25) is 0 Å². The Bertz CT molecular complexity index is 486. The maximum Gasteiger partial charge on any atom is 0.0967 e. The summed E-state index contributed by atoms with van der Waals surface area (Å²) < 4.78 is 5.53. The van der Waals surface area contributed by atoms with Gasteiger partial charge in [-0.3, -0.25) is 5.32 Å². The van der Waals surface area contributed by atoms with Crippen molar-refractivity contribution in [3.05, 3.63) is 60.2 Å². The van der Waals surface area contributed by atoms with Crippen molar-refractivity contribution in [2.75, 3.05) is 26.9 Å². The van der Waals surface area contributed by atoms with Gasteiger partial charge >= 0.3 is 0 Å². The summed E-state index contributed by atoms with van der Waals surface area (Å²) in [4.78, 5) is 0. The number of hydrogen-bond acceptors (Lipinski definition) is 4. The largest absolute Gasteiger partial charge is 0.363 e. The molecule has 0 heterocycles. The van der Waals surface area contributed by atoms with Crippen LogP contribution in [-0.4, -0.2) is 33.1 Å². The third-order valence-corrected chi connectivity index (χ3v) is 3.97. The van der Waals surface area contributed by atoms with Crippen molar-refractivity contribution in [3.8, 4) is 0 Å². The molecule has 4 N–H and O–H groups in total. The molecule has 0 saturated carbocycles. The van der Waals surface area contributed by atoms with E-state index in [2.05, 4.69) is 65.3 Å². The fourth-order valence-electron chi connectivity index (χ4n) is 2.68. The SMILES string of the molecule is CNC(N)COCNCC1(Cc2ccccc2)C=CC=CC1. The second-order valence-corrected chi connectivity index (χ2v) is 5.85. The summed E-state index contributed by atoms with van der Waals surface area (Å²) in [6.07, 6.45) is 10.8. The number of likely N-dealkylation sites (N-methyl/N-ethyl adjacent to an activating group) is 1. The van der Waals surface area contributed by atoms with Gasteiger partial charge in [-0.2, -0.15) is 0 Å². The highest BCUT2D eigenvalue weighted by Crippen LogP contribution is 2.31. The molecule has 1 aromatic carbocycles. The van der Waals surface area contributed by atoms with Crippen LogP contribution in [0.15, 0.2) is 54.6 Å². The Morgan fingerprint density at radius 3 is 2.77 bits per heavy atom. The summed E-state index contributed by atoms with van der Waals surface area (Å²) >= 11 is 0. The lowest BCUT2D eigenvalue weighted by molar-refractivity contribution is 0.0926. The van der Waals surface area contributed by atoms with Crippen molar-refractivity contribution in [3.63, 3.8) is 0 Å². The van der Waals surface area contributed by atoms with Gasteiger partial charge in [-0.15, -0.1) is 0 Å². The van der Waals surface area contributed by atoms with E-state index in [-0.39, 0.29) is 11.6 Å². The number of rotatable bonds is 9. The van der Waals surface area contributed by atoms with Gasteiger partial charge in [0, 0.05) is 12.0 Å². The summed E-state index contributed by atoms with van der Waals surface area (Å²) in [5.41, 5.74) is 7.22. The minimum Gasteiger partial charge on any atom is -0.363 e. The Labute approximate surface area is 133 Å². The second kappa shape index (κ2) is 8.86. The van der Waals surface area contributed by atoms with Crippen LogP contribution >= 0.6 is 0 Å². The van der Waals surface area contributed by atoms with Crippen molar-refractivity contribution < 1.29 is 4.74 Å². The summed E-state index contributed by atoms with van der Waals surface area (Å²) in [5.74, 6) is 0. The van der Waals surface area contributed by atoms with Gasteiger partial charge < -0.3 is 15.8 Å². The zero-order chi connectivity index (χ0) is 15.7. The molecule has 22 heavy (non-hydrogen) atoms. The molecule has 0 amide bonds. The molecule has 0 aliphatic heterocycles. The smallest absolute Gasteiger partial charge is 0.0967 e. The zero-order valence-electron chi connectivity index (χ0n) is 13.3. The van der Waals surface area contributed by atoms with Crippen molar-refractivity contribution in [2.24, 2.45) is 11.1 Å². The number of nitrogens with two attached hydrogens (primary N) is 1. The van der Waals surface area contributed by atoms with Crippen LogP contribution in [0.25, 0.3) is 0 Å². The Morgan fingerprint density at radius 2 is 2.09 bits per heavy atom. The highest BCUT2D eigenvalue weighted by Gasteiger charge is 2.27. The number of nitrogens with one attached hydrogen (secondary N) is 2. The van der Waals surface area contributed by atoms with Crippen LogP contribution in [0.2, 0.25) is 0 Å². The van der Waals surface area contributed by atoms with Gasteiger partial charge in [-0.1, -0.05) is 54.6 Å². The highest BCUT2D eigenvalue weighted by atomic mass is 16.5. The topological polar surface area (TPSA) is 59.3 Å². The molecule has 0 bridgehead atoms. The molecule has 1 aromatic rings. The van der Waals surface area contributed by atoms with Crippen LogP contribution in [0.1, 0.15) is 12.0 Å². The molecule has 0 spiro atoms. The lowest BCUT2D eigenvalue weighted by atomic mass is 9.76. The van der Waals surface area contributed by atoms with Gasteiger partial charge in [-0.25, -0.2) is 0 Å². The molecule has 4 heteroatoms. The summed E-state index contributed by atoms with van der Waals surface area (Å²) in [6.45, 7) is 1.91. The van der Waals surface area contributed by atoms with E-state index in [4.69, 9.17) is 10.5 Å². The fourth-order valence-corrected chi connectivity index (χ4v) is 2.68. The predicted octanol–water partition coefficient (Wildman–Crippen LogP) is 1.80. The average molecular weight is 301 g/mol. The van der Waals surface area contributed by atoms with Crippen LogP contribution in [0.5, 0.6) is 0 Å². The molecule has 120 valence electrons. The molecule has 2 atom stereocenters. The molecule has 0 fully saturated rings.